The summed E-state index contributed by atoms with van der Waals surface area (Å²) < 4.78 is 5.66. The molecule has 1 aromatic rings. The number of carbonyl (C=O) groups excluding carboxylic acids is 1. The maximum absolute atomic E-state index is 12.6. The van der Waals surface area contributed by atoms with Crippen LogP contribution < -0.4 is 0 Å². The molecule has 4 nitrogen and oxygen atoms in total. The van der Waals surface area contributed by atoms with Crippen molar-refractivity contribution in [2.45, 2.75) is 52.3 Å². The van der Waals surface area contributed by atoms with E-state index in [9.17, 15) is 4.79 Å². The van der Waals surface area contributed by atoms with E-state index in [1.165, 1.54) is 5.56 Å². The van der Waals surface area contributed by atoms with Gasteiger partial charge in [0.1, 0.15) is 6.10 Å². The summed E-state index contributed by atoms with van der Waals surface area (Å²) in [5, 5.41) is 0. The summed E-state index contributed by atoms with van der Waals surface area (Å²) in [6.07, 6.45) is 1.78. The second kappa shape index (κ2) is 9.04. The van der Waals surface area contributed by atoms with Gasteiger partial charge < -0.3 is 9.64 Å². The average molecular weight is 318 g/mol. The lowest BCUT2D eigenvalue weighted by atomic mass is 10.1. The first-order chi connectivity index (χ1) is 11.1. The third-order valence-electron chi connectivity index (χ3n) is 4.46. The predicted molar refractivity (Wildman–Crippen MR) is 93.2 cm³/mol. The summed E-state index contributed by atoms with van der Waals surface area (Å²) in [5.74, 6) is 0.132. The molecule has 1 fully saturated rings. The quantitative estimate of drug-likeness (QED) is 0.725. The summed E-state index contributed by atoms with van der Waals surface area (Å²) in [7, 11) is 0. The van der Waals surface area contributed by atoms with Crippen molar-refractivity contribution in [3.63, 3.8) is 0 Å². The number of ether oxygens (including phenoxy) is 1. The molecule has 128 valence electrons. The van der Waals surface area contributed by atoms with E-state index in [2.05, 4.69) is 43.0 Å². The van der Waals surface area contributed by atoms with Gasteiger partial charge in [-0.15, -0.1) is 0 Å². The number of unbranched alkanes of at least 4 members (excludes halogenated alkanes) is 1. The Morgan fingerprint density at radius 2 is 2.04 bits per heavy atom. The zero-order chi connectivity index (χ0) is 16.7. The standard InChI is InChI=1S/C19H30N2O2/c1-4-5-13-23-17(3)19(22)21-12-11-20(14-16(21)2)15-18-9-7-6-8-10-18/h6-10,16-17H,4-5,11-15H2,1-3H3. The van der Waals surface area contributed by atoms with Crippen molar-refractivity contribution in [2.75, 3.05) is 26.2 Å². The molecule has 0 N–H and O–H groups in total. The zero-order valence-corrected chi connectivity index (χ0v) is 14.7. The topological polar surface area (TPSA) is 32.8 Å². The number of amides is 1. The first-order valence-corrected chi connectivity index (χ1v) is 8.80. The Balaban J connectivity index is 1.82. The highest BCUT2D eigenvalue weighted by Gasteiger charge is 2.30. The van der Waals surface area contributed by atoms with Crippen molar-refractivity contribution in [2.24, 2.45) is 0 Å². The molecule has 0 aromatic heterocycles. The molecule has 0 aliphatic carbocycles. The number of hydrogen-bond donors (Lipinski definition) is 0. The van der Waals surface area contributed by atoms with E-state index in [1.54, 1.807) is 0 Å². The molecule has 1 heterocycles. The van der Waals surface area contributed by atoms with Crippen molar-refractivity contribution in [1.82, 2.24) is 9.80 Å². The van der Waals surface area contributed by atoms with Gasteiger partial charge in [0.05, 0.1) is 0 Å². The van der Waals surface area contributed by atoms with Gasteiger partial charge in [-0.1, -0.05) is 43.7 Å². The number of carbonyl (C=O) groups is 1. The molecular weight excluding hydrogens is 288 g/mol. The van der Waals surface area contributed by atoms with Crippen LogP contribution in [0.5, 0.6) is 0 Å². The molecule has 2 rings (SSSR count). The molecule has 1 aliphatic heterocycles. The third kappa shape index (κ3) is 5.33. The van der Waals surface area contributed by atoms with Gasteiger partial charge in [-0.2, -0.15) is 0 Å². The van der Waals surface area contributed by atoms with Crippen molar-refractivity contribution in [1.29, 1.82) is 0 Å². The SMILES string of the molecule is CCCCOC(C)C(=O)N1CCN(Cc2ccccc2)CC1C. The average Bonchev–Trinajstić information content (AvgIpc) is 2.55. The first-order valence-electron chi connectivity index (χ1n) is 8.80. The Bertz CT molecular complexity index is 478. The maximum atomic E-state index is 12.6. The van der Waals surface area contributed by atoms with Crippen molar-refractivity contribution in [3.8, 4) is 0 Å². The first kappa shape index (κ1) is 18.0. The van der Waals surface area contributed by atoms with Crippen molar-refractivity contribution >= 4 is 5.91 Å². The van der Waals surface area contributed by atoms with Crippen molar-refractivity contribution in [3.05, 3.63) is 35.9 Å². The molecule has 1 saturated heterocycles. The molecule has 2 atom stereocenters. The Morgan fingerprint density at radius 3 is 2.70 bits per heavy atom. The van der Waals surface area contributed by atoms with E-state index in [4.69, 9.17) is 4.74 Å². The monoisotopic (exact) mass is 318 g/mol. The van der Waals surface area contributed by atoms with Crippen LogP contribution in [0.1, 0.15) is 39.2 Å². The second-order valence-corrected chi connectivity index (χ2v) is 6.47. The molecule has 4 heteroatoms. The largest absolute Gasteiger partial charge is 0.369 e. The van der Waals surface area contributed by atoms with Crippen molar-refractivity contribution < 1.29 is 9.53 Å². The molecule has 1 aromatic carbocycles. The summed E-state index contributed by atoms with van der Waals surface area (Å²) in [6, 6.07) is 10.7. The van der Waals surface area contributed by atoms with Gasteiger partial charge in [-0.05, 0) is 25.8 Å². The van der Waals surface area contributed by atoms with Crippen LogP contribution in [-0.2, 0) is 16.1 Å². The molecule has 0 radical (unpaired) electrons. The van der Waals surface area contributed by atoms with E-state index in [-0.39, 0.29) is 18.1 Å². The van der Waals surface area contributed by atoms with Crippen LogP contribution in [0.15, 0.2) is 30.3 Å². The van der Waals surface area contributed by atoms with Gasteiger partial charge in [0.25, 0.3) is 5.91 Å². The van der Waals surface area contributed by atoms with Crippen LogP contribution in [-0.4, -0.2) is 54.1 Å². The highest BCUT2D eigenvalue weighted by molar-refractivity contribution is 5.81. The lowest BCUT2D eigenvalue weighted by molar-refractivity contribution is -0.147. The summed E-state index contributed by atoms with van der Waals surface area (Å²) in [6.45, 7) is 10.4. The van der Waals surface area contributed by atoms with Gasteiger partial charge >= 0.3 is 0 Å². The fourth-order valence-electron chi connectivity index (χ4n) is 3.05. The normalized spacial score (nSPS) is 20.5. The molecule has 0 saturated carbocycles. The summed E-state index contributed by atoms with van der Waals surface area (Å²) in [5.41, 5.74) is 1.33. The smallest absolute Gasteiger partial charge is 0.251 e. The van der Waals surface area contributed by atoms with Crippen LogP contribution in [0, 0.1) is 0 Å². The summed E-state index contributed by atoms with van der Waals surface area (Å²) in [4.78, 5) is 17.0. The predicted octanol–water partition coefficient (Wildman–Crippen LogP) is 2.92. The van der Waals surface area contributed by atoms with E-state index in [0.717, 1.165) is 39.0 Å². The molecule has 1 amide bonds. The minimum absolute atomic E-state index is 0.132. The Morgan fingerprint density at radius 1 is 1.30 bits per heavy atom. The van der Waals surface area contributed by atoms with E-state index >= 15 is 0 Å². The van der Waals surface area contributed by atoms with E-state index in [0.29, 0.717) is 6.61 Å². The van der Waals surface area contributed by atoms with E-state index in [1.807, 2.05) is 17.9 Å². The molecular formula is C19H30N2O2. The Kier molecular flexibility index (Phi) is 7.06. The Labute approximate surface area is 140 Å². The van der Waals surface area contributed by atoms with Gasteiger partial charge in [0.15, 0.2) is 0 Å². The second-order valence-electron chi connectivity index (χ2n) is 6.47. The highest BCUT2D eigenvalue weighted by atomic mass is 16.5. The fourth-order valence-corrected chi connectivity index (χ4v) is 3.05. The number of nitrogens with zero attached hydrogens (tertiary/aromatic N) is 2. The molecule has 1 aliphatic rings. The van der Waals surface area contributed by atoms with Crippen LogP contribution >= 0.6 is 0 Å². The molecule has 0 bridgehead atoms. The van der Waals surface area contributed by atoms with Crippen LogP contribution in [0.4, 0.5) is 0 Å². The highest BCUT2D eigenvalue weighted by Crippen LogP contribution is 2.15. The number of piperazine rings is 1. The maximum Gasteiger partial charge on any atom is 0.251 e. The van der Waals surface area contributed by atoms with Gasteiger partial charge in [-0.25, -0.2) is 0 Å². The van der Waals surface area contributed by atoms with Crippen LogP contribution in [0.2, 0.25) is 0 Å². The number of benzene rings is 1. The number of rotatable bonds is 7. The molecule has 0 spiro atoms. The van der Waals surface area contributed by atoms with Crippen LogP contribution in [0.25, 0.3) is 0 Å². The van der Waals surface area contributed by atoms with Gasteiger partial charge in [0, 0.05) is 38.8 Å². The van der Waals surface area contributed by atoms with Gasteiger partial charge in [0.2, 0.25) is 0 Å². The molecule has 23 heavy (non-hydrogen) atoms. The molecule has 2 unspecified atom stereocenters. The fraction of sp³-hybridized carbons (Fsp3) is 0.632. The lowest BCUT2D eigenvalue weighted by Gasteiger charge is -2.40. The van der Waals surface area contributed by atoms with Crippen LogP contribution in [0.3, 0.4) is 0 Å². The zero-order valence-electron chi connectivity index (χ0n) is 14.7. The Hall–Kier alpha value is -1.39. The minimum Gasteiger partial charge on any atom is -0.369 e. The third-order valence-corrected chi connectivity index (χ3v) is 4.46. The summed E-state index contributed by atoms with van der Waals surface area (Å²) >= 11 is 0. The lowest BCUT2D eigenvalue weighted by Crippen LogP contribution is -2.55. The van der Waals surface area contributed by atoms with Gasteiger partial charge in [-0.3, -0.25) is 9.69 Å². The minimum atomic E-state index is -0.329. The van der Waals surface area contributed by atoms with E-state index < -0.39 is 0 Å². The number of hydrogen-bond acceptors (Lipinski definition) is 3.